The van der Waals surface area contributed by atoms with E-state index in [1.807, 2.05) is 18.5 Å². The number of nitrogens with one attached hydrogen (secondary N) is 2. The van der Waals surface area contributed by atoms with Crippen molar-refractivity contribution in [1.82, 2.24) is 14.6 Å². The SMILES string of the molecule is CCNCc1cc(S(=O)(=O)NC2CCC(C)C2C)cn1C. The van der Waals surface area contributed by atoms with E-state index in [0.717, 1.165) is 25.1 Å². The van der Waals surface area contributed by atoms with Crippen LogP contribution in [0.2, 0.25) is 0 Å². The number of aromatic nitrogens is 1. The highest BCUT2D eigenvalue weighted by Gasteiger charge is 2.33. The summed E-state index contributed by atoms with van der Waals surface area (Å²) in [4.78, 5) is 0.365. The molecular formula is C15H27N3O2S. The molecule has 3 atom stereocenters. The van der Waals surface area contributed by atoms with Gasteiger partial charge in [0.05, 0.1) is 4.90 Å². The lowest BCUT2D eigenvalue weighted by atomic mass is 9.98. The van der Waals surface area contributed by atoms with Crippen LogP contribution in [0.3, 0.4) is 0 Å². The van der Waals surface area contributed by atoms with Crippen molar-refractivity contribution in [3.8, 4) is 0 Å². The highest BCUT2D eigenvalue weighted by atomic mass is 32.2. The molecule has 0 spiro atoms. The lowest BCUT2D eigenvalue weighted by molar-refractivity contribution is 0.402. The van der Waals surface area contributed by atoms with E-state index in [-0.39, 0.29) is 6.04 Å². The molecule has 1 aliphatic rings. The fraction of sp³-hybridized carbons (Fsp3) is 0.733. The third-order valence-corrected chi connectivity index (χ3v) is 6.18. The van der Waals surface area contributed by atoms with Gasteiger partial charge in [0.25, 0.3) is 0 Å². The Bertz CT molecular complexity index is 580. The summed E-state index contributed by atoms with van der Waals surface area (Å²) in [7, 11) is -1.54. The topological polar surface area (TPSA) is 63.1 Å². The van der Waals surface area contributed by atoms with E-state index in [1.54, 1.807) is 12.3 Å². The molecule has 0 aliphatic heterocycles. The summed E-state index contributed by atoms with van der Waals surface area (Å²) in [6.07, 6.45) is 3.71. The predicted molar refractivity (Wildman–Crippen MR) is 84.5 cm³/mol. The van der Waals surface area contributed by atoms with Gasteiger partial charge in [0, 0.05) is 31.5 Å². The molecule has 3 unspecified atom stereocenters. The van der Waals surface area contributed by atoms with E-state index >= 15 is 0 Å². The number of nitrogens with zero attached hydrogens (tertiary/aromatic N) is 1. The van der Waals surface area contributed by atoms with Gasteiger partial charge in [0.15, 0.2) is 0 Å². The van der Waals surface area contributed by atoms with Crippen molar-refractivity contribution in [3.63, 3.8) is 0 Å². The van der Waals surface area contributed by atoms with Gasteiger partial charge in [0.1, 0.15) is 0 Å². The maximum Gasteiger partial charge on any atom is 0.242 e. The summed E-state index contributed by atoms with van der Waals surface area (Å²) in [6, 6.07) is 1.82. The van der Waals surface area contributed by atoms with Crippen molar-refractivity contribution in [2.45, 2.75) is 51.1 Å². The molecule has 1 aliphatic carbocycles. The summed E-state index contributed by atoms with van der Waals surface area (Å²) in [5.74, 6) is 0.975. The summed E-state index contributed by atoms with van der Waals surface area (Å²) >= 11 is 0. The maximum atomic E-state index is 12.5. The standard InChI is InChI=1S/C15H27N3O2S/c1-5-16-9-13-8-14(10-18(13)4)21(19,20)17-15-7-6-11(2)12(15)3/h8,10-12,15-17H,5-7,9H2,1-4H3. The Morgan fingerprint density at radius 1 is 1.33 bits per heavy atom. The summed E-state index contributed by atoms with van der Waals surface area (Å²) in [5.41, 5.74) is 0.977. The van der Waals surface area contributed by atoms with Crippen LogP contribution in [-0.2, 0) is 23.6 Å². The van der Waals surface area contributed by atoms with Crippen LogP contribution in [-0.4, -0.2) is 25.6 Å². The highest BCUT2D eigenvalue weighted by Crippen LogP contribution is 2.32. The summed E-state index contributed by atoms with van der Waals surface area (Å²) in [6.45, 7) is 7.90. The first-order valence-corrected chi connectivity index (χ1v) is 9.21. The average Bonchev–Trinajstić information content (AvgIpc) is 2.94. The molecular weight excluding hydrogens is 286 g/mol. The molecule has 2 rings (SSSR count). The molecule has 1 aromatic heterocycles. The van der Waals surface area contributed by atoms with Gasteiger partial charge in [-0.25, -0.2) is 13.1 Å². The third-order valence-electron chi connectivity index (χ3n) is 4.72. The van der Waals surface area contributed by atoms with Crippen LogP contribution >= 0.6 is 0 Å². The van der Waals surface area contributed by atoms with E-state index in [1.165, 1.54) is 0 Å². The first-order valence-electron chi connectivity index (χ1n) is 7.73. The van der Waals surface area contributed by atoms with E-state index in [4.69, 9.17) is 0 Å². The Morgan fingerprint density at radius 2 is 2.05 bits per heavy atom. The Balaban J connectivity index is 2.12. The summed E-state index contributed by atoms with van der Waals surface area (Å²) in [5, 5.41) is 3.22. The van der Waals surface area contributed by atoms with E-state index < -0.39 is 10.0 Å². The molecule has 120 valence electrons. The monoisotopic (exact) mass is 313 g/mol. The number of hydrogen-bond donors (Lipinski definition) is 2. The zero-order valence-corrected chi connectivity index (χ0v) is 14.2. The molecule has 0 saturated heterocycles. The van der Waals surface area contributed by atoms with Gasteiger partial charge in [-0.15, -0.1) is 0 Å². The Labute approximate surface area is 128 Å². The minimum absolute atomic E-state index is 0.0578. The van der Waals surface area contributed by atoms with Crippen LogP contribution in [0.4, 0.5) is 0 Å². The maximum absolute atomic E-state index is 12.5. The van der Waals surface area contributed by atoms with Crippen LogP contribution in [0.25, 0.3) is 0 Å². The average molecular weight is 313 g/mol. The lowest BCUT2D eigenvalue weighted by Crippen LogP contribution is -2.37. The van der Waals surface area contributed by atoms with Crippen LogP contribution in [0, 0.1) is 11.8 Å². The Kier molecular flexibility index (Phi) is 5.11. The zero-order valence-electron chi connectivity index (χ0n) is 13.4. The van der Waals surface area contributed by atoms with Crippen molar-refractivity contribution in [2.75, 3.05) is 6.54 Å². The minimum atomic E-state index is -3.43. The molecule has 6 heteroatoms. The van der Waals surface area contributed by atoms with Crippen LogP contribution in [0.1, 0.15) is 39.3 Å². The molecule has 1 saturated carbocycles. The second kappa shape index (κ2) is 6.50. The Morgan fingerprint density at radius 3 is 2.62 bits per heavy atom. The van der Waals surface area contributed by atoms with Crippen molar-refractivity contribution in [3.05, 3.63) is 18.0 Å². The number of rotatable bonds is 6. The third kappa shape index (κ3) is 3.67. The molecule has 0 radical (unpaired) electrons. The molecule has 1 heterocycles. The van der Waals surface area contributed by atoms with E-state index in [0.29, 0.717) is 23.3 Å². The molecule has 5 nitrogen and oxygen atoms in total. The van der Waals surface area contributed by atoms with Gasteiger partial charge in [-0.3, -0.25) is 0 Å². The molecule has 1 aromatic rings. The van der Waals surface area contributed by atoms with Crippen LogP contribution in [0.15, 0.2) is 17.2 Å². The Hall–Kier alpha value is -0.850. The fourth-order valence-corrected chi connectivity index (χ4v) is 4.41. The van der Waals surface area contributed by atoms with Crippen LogP contribution in [0.5, 0.6) is 0 Å². The van der Waals surface area contributed by atoms with Crippen LogP contribution < -0.4 is 10.0 Å². The highest BCUT2D eigenvalue weighted by molar-refractivity contribution is 7.89. The predicted octanol–water partition coefficient (Wildman–Crippen LogP) is 1.85. The number of sulfonamides is 1. The molecule has 0 aromatic carbocycles. The largest absolute Gasteiger partial charge is 0.352 e. The normalized spacial score (nSPS) is 26.4. The fourth-order valence-electron chi connectivity index (χ4n) is 2.95. The van der Waals surface area contributed by atoms with Crippen molar-refractivity contribution >= 4 is 10.0 Å². The first-order chi connectivity index (χ1) is 9.85. The second-order valence-electron chi connectivity index (χ2n) is 6.20. The van der Waals surface area contributed by atoms with Gasteiger partial charge in [-0.05, 0) is 37.3 Å². The molecule has 21 heavy (non-hydrogen) atoms. The number of aryl methyl sites for hydroxylation is 1. The molecule has 1 fully saturated rings. The van der Waals surface area contributed by atoms with Crippen molar-refractivity contribution < 1.29 is 8.42 Å². The van der Waals surface area contributed by atoms with E-state index in [9.17, 15) is 8.42 Å². The quantitative estimate of drug-likeness (QED) is 0.842. The van der Waals surface area contributed by atoms with Crippen molar-refractivity contribution in [1.29, 1.82) is 0 Å². The first kappa shape index (κ1) is 16.5. The minimum Gasteiger partial charge on any atom is -0.352 e. The van der Waals surface area contributed by atoms with Crippen molar-refractivity contribution in [2.24, 2.45) is 18.9 Å². The zero-order chi connectivity index (χ0) is 15.6. The van der Waals surface area contributed by atoms with Gasteiger partial charge < -0.3 is 9.88 Å². The van der Waals surface area contributed by atoms with Gasteiger partial charge >= 0.3 is 0 Å². The number of hydrogen-bond acceptors (Lipinski definition) is 3. The van der Waals surface area contributed by atoms with E-state index in [2.05, 4.69) is 23.9 Å². The lowest BCUT2D eigenvalue weighted by Gasteiger charge is -2.19. The van der Waals surface area contributed by atoms with Gasteiger partial charge in [0.2, 0.25) is 10.0 Å². The second-order valence-corrected chi connectivity index (χ2v) is 7.91. The molecule has 0 bridgehead atoms. The summed E-state index contributed by atoms with van der Waals surface area (Å²) < 4.78 is 29.8. The molecule has 2 N–H and O–H groups in total. The van der Waals surface area contributed by atoms with Gasteiger partial charge in [-0.1, -0.05) is 20.8 Å². The molecule has 0 amide bonds. The van der Waals surface area contributed by atoms with Gasteiger partial charge in [-0.2, -0.15) is 0 Å². The smallest absolute Gasteiger partial charge is 0.242 e.